The van der Waals surface area contributed by atoms with E-state index in [0.717, 1.165) is 4.90 Å². The van der Waals surface area contributed by atoms with Gasteiger partial charge in [-0.1, -0.05) is 22.6 Å². The SMILES string of the molecule is CN1C(=O)C(S)C(I)C1=O. The lowest BCUT2D eigenvalue weighted by Crippen LogP contribution is -2.26. The monoisotopic (exact) mass is 271 g/mol. The Kier molecular flexibility index (Phi) is 2.24. The standard InChI is InChI=1S/C5H6INO2S/c1-7-4(8)2(6)3(10)5(7)9/h2-3,10H,1H3. The molecule has 1 heterocycles. The van der Waals surface area contributed by atoms with Gasteiger partial charge in [-0.15, -0.1) is 0 Å². The maximum atomic E-state index is 11.0. The van der Waals surface area contributed by atoms with Gasteiger partial charge in [-0.3, -0.25) is 14.5 Å². The number of halogens is 1. The lowest BCUT2D eigenvalue weighted by molar-refractivity contribution is -0.136. The van der Waals surface area contributed by atoms with Gasteiger partial charge in [0, 0.05) is 7.05 Å². The van der Waals surface area contributed by atoms with Crippen LogP contribution in [0.15, 0.2) is 0 Å². The highest BCUT2D eigenvalue weighted by atomic mass is 127. The van der Waals surface area contributed by atoms with Gasteiger partial charge < -0.3 is 0 Å². The molecule has 0 aromatic rings. The number of rotatable bonds is 0. The van der Waals surface area contributed by atoms with Crippen LogP contribution in [0.25, 0.3) is 0 Å². The van der Waals surface area contributed by atoms with E-state index in [1.54, 1.807) is 0 Å². The molecule has 3 nitrogen and oxygen atoms in total. The number of hydrogen-bond donors (Lipinski definition) is 1. The first-order valence-electron chi connectivity index (χ1n) is 2.69. The summed E-state index contributed by atoms with van der Waals surface area (Å²) >= 11 is 5.91. The molecule has 10 heavy (non-hydrogen) atoms. The fourth-order valence-corrected chi connectivity index (χ4v) is 1.78. The van der Waals surface area contributed by atoms with Crippen LogP contribution in [0.5, 0.6) is 0 Å². The third-order valence-corrected chi connectivity index (χ3v) is 3.77. The van der Waals surface area contributed by atoms with Crippen LogP contribution in [-0.2, 0) is 9.59 Å². The maximum absolute atomic E-state index is 11.0. The molecular weight excluding hydrogens is 265 g/mol. The normalized spacial score (nSPS) is 33.7. The molecule has 0 aromatic heterocycles. The number of alkyl halides is 1. The molecule has 2 unspecified atom stereocenters. The lowest BCUT2D eigenvalue weighted by atomic mass is 10.3. The number of carbonyl (C=O) groups excluding carboxylic acids is 2. The van der Waals surface area contributed by atoms with E-state index < -0.39 is 5.25 Å². The van der Waals surface area contributed by atoms with E-state index in [4.69, 9.17) is 0 Å². The minimum atomic E-state index is -0.446. The quantitative estimate of drug-likeness (QED) is 0.293. The second-order valence-corrected chi connectivity index (χ2v) is 3.98. The second kappa shape index (κ2) is 2.69. The molecule has 1 saturated heterocycles. The first-order chi connectivity index (χ1) is 4.55. The molecule has 0 spiro atoms. The predicted octanol–water partition coefficient (Wildman–Crippen LogP) is 0.0870. The molecule has 0 aliphatic carbocycles. The van der Waals surface area contributed by atoms with Crippen molar-refractivity contribution in [3.05, 3.63) is 0 Å². The molecule has 1 aliphatic rings. The van der Waals surface area contributed by atoms with Gasteiger partial charge in [0.1, 0.15) is 9.17 Å². The highest BCUT2D eigenvalue weighted by Crippen LogP contribution is 2.23. The topological polar surface area (TPSA) is 37.4 Å². The summed E-state index contributed by atoms with van der Waals surface area (Å²) in [5.74, 6) is -0.349. The van der Waals surface area contributed by atoms with Gasteiger partial charge in [-0.25, -0.2) is 0 Å². The van der Waals surface area contributed by atoms with Gasteiger partial charge in [-0.2, -0.15) is 12.6 Å². The predicted molar refractivity (Wildman–Crippen MR) is 48.4 cm³/mol. The Hall–Kier alpha value is 0.220. The van der Waals surface area contributed by atoms with E-state index in [2.05, 4.69) is 12.6 Å². The van der Waals surface area contributed by atoms with Crippen molar-refractivity contribution in [1.82, 2.24) is 4.90 Å². The Morgan fingerprint density at radius 1 is 1.50 bits per heavy atom. The Balaban J connectivity index is 2.89. The molecule has 1 rings (SSSR count). The average Bonchev–Trinajstić information content (AvgIpc) is 2.07. The fourth-order valence-electron chi connectivity index (χ4n) is 0.752. The maximum Gasteiger partial charge on any atom is 0.243 e. The number of imide groups is 1. The van der Waals surface area contributed by atoms with E-state index >= 15 is 0 Å². The minimum absolute atomic E-state index is 0.148. The molecule has 1 fully saturated rings. The van der Waals surface area contributed by atoms with Gasteiger partial charge >= 0.3 is 0 Å². The van der Waals surface area contributed by atoms with Crippen LogP contribution in [0.2, 0.25) is 0 Å². The van der Waals surface area contributed by atoms with Crippen LogP contribution in [0.1, 0.15) is 0 Å². The molecule has 1 aliphatic heterocycles. The van der Waals surface area contributed by atoms with E-state index in [-0.39, 0.29) is 15.7 Å². The van der Waals surface area contributed by atoms with Crippen molar-refractivity contribution in [3.63, 3.8) is 0 Å². The Labute approximate surface area is 77.7 Å². The van der Waals surface area contributed by atoms with Gasteiger partial charge in [-0.05, 0) is 0 Å². The first kappa shape index (κ1) is 8.32. The van der Waals surface area contributed by atoms with Gasteiger partial charge in [0.25, 0.3) is 0 Å². The van der Waals surface area contributed by atoms with Crippen LogP contribution in [0.4, 0.5) is 0 Å². The third kappa shape index (κ3) is 1.05. The van der Waals surface area contributed by atoms with E-state index in [9.17, 15) is 9.59 Å². The zero-order valence-electron chi connectivity index (χ0n) is 5.24. The summed E-state index contributed by atoms with van der Waals surface area (Å²) in [4.78, 5) is 23.0. The zero-order valence-corrected chi connectivity index (χ0v) is 8.30. The summed E-state index contributed by atoms with van der Waals surface area (Å²) in [6.07, 6.45) is 0. The van der Waals surface area contributed by atoms with Crippen LogP contribution in [0, 0.1) is 0 Å². The Morgan fingerprint density at radius 3 is 2.10 bits per heavy atom. The minimum Gasteiger partial charge on any atom is -0.284 e. The van der Waals surface area contributed by atoms with Crippen LogP contribution in [-0.4, -0.2) is 32.9 Å². The highest BCUT2D eigenvalue weighted by molar-refractivity contribution is 14.1. The average molecular weight is 271 g/mol. The zero-order chi connectivity index (χ0) is 7.89. The van der Waals surface area contributed by atoms with E-state index in [1.165, 1.54) is 7.05 Å². The van der Waals surface area contributed by atoms with Gasteiger partial charge in [0.2, 0.25) is 11.8 Å². The molecule has 56 valence electrons. The Bertz CT molecular complexity index is 176. The van der Waals surface area contributed by atoms with Crippen molar-refractivity contribution >= 4 is 47.0 Å². The molecule has 5 heteroatoms. The number of nitrogens with zero attached hydrogens (tertiary/aromatic N) is 1. The second-order valence-electron chi connectivity index (χ2n) is 2.08. The molecule has 0 bridgehead atoms. The summed E-state index contributed by atoms with van der Waals surface area (Å²) in [6, 6.07) is 0. The number of hydrogen-bond acceptors (Lipinski definition) is 3. The number of carbonyl (C=O) groups is 2. The molecule has 2 atom stereocenters. The first-order valence-corrected chi connectivity index (χ1v) is 4.45. The van der Waals surface area contributed by atoms with Crippen LogP contribution in [0.3, 0.4) is 0 Å². The van der Waals surface area contributed by atoms with Crippen molar-refractivity contribution in [3.8, 4) is 0 Å². The summed E-state index contributed by atoms with van der Waals surface area (Å²) in [6.45, 7) is 0. The van der Waals surface area contributed by atoms with Gasteiger partial charge in [0.05, 0.1) is 0 Å². The van der Waals surface area contributed by atoms with Crippen molar-refractivity contribution in [1.29, 1.82) is 0 Å². The van der Waals surface area contributed by atoms with E-state index in [1.807, 2.05) is 22.6 Å². The van der Waals surface area contributed by atoms with Crippen molar-refractivity contribution in [2.45, 2.75) is 9.17 Å². The molecule has 2 amide bonds. The van der Waals surface area contributed by atoms with Crippen molar-refractivity contribution < 1.29 is 9.59 Å². The lowest BCUT2D eigenvalue weighted by Gasteiger charge is -2.02. The molecule has 0 radical (unpaired) electrons. The summed E-state index contributed by atoms with van der Waals surface area (Å²) < 4.78 is -0.293. The number of amides is 2. The fraction of sp³-hybridized carbons (Fsp3) is 0.600. The third-order valence-electron chi connectivity index (χ3n) is 1.43. The smallest absolute Gasteiger partial charge is 0.243 e. The highest BCUT2D eigenvalue weighted by Gasteiger charge is 2.41. The van der Waals surface area contributed by atoms with Gasteiger partial charge in [0.15, 0.2) is 0 Å². The van der Waals surface area contributed by atoms with Crippen molar-refractivity contribution in [2.75, 3.05) is 7.05 Å². The molecule has 0 aromatic carbocycles. The summed E-state index contributed by atoms with van der Waals surface area (Å²) in [5, 5.41) is -0.446. The van der Waals surface area contributed by atoms with Crippen LogP contribution >= 0.6 is 35.2 Å². The molecule has 0 N–H and O–H groups in total. The van der Waals surface area contributed by atoms with E-state index in [0.29, 0.717) is 0 Å². The van der Waals surface area contributed by atoms with Crippen LogP contribution < -0.4 is 0 Å². The number of thiol groups is 1. The summed E-state index contributed by atoms with van der Waals surface area (Å²) in [7, 11) is 1.48. The molecular formula is C5H6INO2S. The van der Waals surface area contributed by atoms with Crippen molar-refractivity contribution in [2.24, 2.45) is 0 Å². The molecule has 0 saturated carbocycles. The number of likely N-dealkylation sites (tertiary alicyclic amines) is 1. The largest absolute Gasteiger partial charge is 0.284 e. The summed E-state index contributed by atoms with van der Waals surface area (Å²) in [5.41, 5.74) is 0. The Morgan fingerprint density at radius 2 is 2.00 bits per heavy atom.